The lowest BCUT2D eigenvalue weighted by atomic mass is 9.82. The van der Waals surface area contributed by atoms with E-state index in [0.29, 0.717) is 43.0 Å². The first-order valence-electron chi connectivity index (χ1n) is 9.70. The molecule has 2 heterocycles. The zero-order valence-electron chi connectivity index (χ0n) is 16.2. The number of nitrogens with zero attached hydrogens (tertiary/aromatic N) is 4. The lowest BCUT2D eigenvalue weighted by Crippen LogP contribution is -2.38. The van der Waals surface area contributed by atoms with Crippen molar-refractivity contribution < 1.29 is 14.6 Å². The fraction of sp³-hybridized carbons (Fsp3) is 0.381. The van der Waals surface area contributed by atoms with Crippen LogP contribution in [0.4, 0.5) is 10.2 Å². The maximum atomic E-state index is 13.4. The van der Waals surface area contributed by atoms with E-state index in [2.05, 4.69) is 20.3 Å². The molecular formula is C21H24FN5O2. The van der Waals surface area contributed by atoms with Crippen LogP contribution >= 0.6 is 0 Å². The summed E-state index contributed by atoms with van der Waals surface area (Å²) < 4.78 is 15.5. The molecule has 0 saturated heterocycles. The van der Waals surface area contributed by atoms with E-state index >= 15 is 0 Å². The highest BCUT2D eigenvalue weighted by atomic mass is 19.1. The van der Waals surface area contributed by atoms with Crippen molar-refractivity contribution in [2.45, 2.75) is 37.3 Å². The van der Waals surface area contributed by atoms with Crippen LogP contribution in [-0.2, 0) is 0 Å². The first kappa shape index (κ1) is 19.5. The summed E-state index contributed by atoms with van der Waals surface area (Å²) in [7, 11) is 1.79. The average molecular weight is 397 g/mol. The van der Waals surface area contributed by atoms with E-state index in [-0.39, 0.29) is 18.5 Å². The molecule has 29 heavy (non-hydrogen) atoms. The van der Waals surface area contributed by atoms with Gasteiger partial charge in [0.1, 0.15) is 17.3 Å². The standard InChI is InChI=1S/C21H24FN5O2/c1-23-17-8-11-24-20(26-17)19-18(14-2-4-15(22)5-3-14)25-13-27(19)16-6-9-21(29,12-28)10-7-16/h2-5,8,11,13,16,28-29H,6-7,9-10,12H2,1H3,(H,23,24,26). The second-order valence-corrected chi connectivity index (χ2v) is 7.49. The molecule has 3 aromatic rings. The number of aromatic nitrogens is 4. The molecule has 3 N–H and O–H groups in total. The number of aliphatic hydroxyl groups is 2. The van der Waals surface area contributed by atoms with Crippen LogP contribution in [-0.4, -0.2) is 49.0 Å². The Morgan fingerprint density at radius 2 is 1.90 bits per heavy atom. The number of halogens is 1. The predicted molar refractivity (Wildman–Crippen MR) is 108 cm³/mol. The fourth-order valence-electron chi connectivity index (χ4n) is 3.87. The molecule has 4 rings (SSSR count). The number of imidazole rings is 1. The molecule has 0 amide bonds. The van der Waals surface area contributed by atoms with Gasteiger partial charge < -0.3 is 20.1 Å². The third-order valence-electron chi connectivity index (χ3n) is 5.61. The minimum Gasteiger partial charge on any atom is -0.393 e. The van der Waals surface area contributed by atoms with Crippen LogP contribution in [0.5, 0.6) is 0 Å². The van der Waals surface area contributed by atoms with Crippen LogP contribution in [0.15, 0.2) is 42.9 Å². The maximum absolute atomic E-state index is 13.4. The van der Waals surface area contributed by atoms with Crippen molar-refractivity contribution in [3.63, 3.8) is 0 Å². The number of anilines is 1. The molecule has 1 aliphatic carbocycles. The van der Waals surface area contributed by atoms with Crippen molar-refractivity contribution in [3.05, 3.63) is 48.7 Å². The zero-order chi connectivity index (χ0) is 20.4. The zero-order valence-corrected chi connectivity index (χ0v) is 16.2. The lowest BCUT2D eigenvalue weighted by molar-refractivity contribution is -0.0501. The summed E-state index contributed by atoms with van der Waals surface area (Å²) in [5.74, 6) is 0.904. The highest BCUT2D eigenvalue weighted by molar-refractivity contribution is 5.75. The highest BCUT2D eigenvalue weighted by Gasteiger charge is 2.34. The highest BCUT2D eigenvalue weighted by Crippen LogP contribution is 2.39. The van der Waals surface area contributed by atoms with Gasteiger partial charge in [-0.05, 0) is 56.0 Å². The normalized spacial score (nSPS) is 21.9. The fourth-order valence-corrected chi connectivity index (χ4v) is 3.87. The molecule has 7 nitrogen and oxygen atoms in total. The van der Waals surface area contributed by atoms with Gasteiger partial charge in [-0.15, -0.1) is 0 Å². The number of nitrogens with one attached hydrogen (secondary N) is 1. The predicted octanol–water partition coefficient (Wildman–Crippen LogP) is 3.03. The molecule has 1 aromatic carbocycles. The van der Waals surface area contributed by atoms with Gasteiger partial charge in [0.25, 0.3) is 0 Å². The number of hydrogen-bond donors (Lipinski definition) is 3. The van der Waals surface area contributed by atoms with E-state index in [9.17, 15) is 14.6 Å². The molecule has 152 valence electrons. The van der Waals surface area contributed by atoms with E-state index in [1.807, 2.05) is 4.57 Å². The summed E-state index contributed by atoms with van der Waals surface area (Å²) in [4.78, 5) is 13.7. The molecule has 1 fully saturated rings. The molecule has 0 spiro atoms. The van der Waals surface area contributed by atoms with Gasteiger partial charge in [0.2, 0.25) is 0 Å². The first-order chi connectivity index (χ1) is 14.0. The van der Waals surface area contributed by atoms with Crippen LogP contribution in [0.1, 0.15) is 31.7 Å². The Labute approximate surface area is 168 Å². The summed E-state index contributed by atoms with van der Waals surface area (Å²) in [6, 6.07) is 8.08. The summed E-state index contributed by atoms with van der Waals surface area (Å²) in [6.45, 7) is -0.231. The average Bonchev–Trinajstić information content (AvgIpc) is 3.20. The van der Waals surface area contributed by atoms with Crippen molar-refractivity contribution in [1.82, 2.24) is 19.5 Å². The molecule has 0 unspecified atom stereocenters. The maximum Gasteiger partial charge on any atom is 0.180 e. The third-order valence-corrected chi connectivity index (χ3v) is 5.61. The smallest absolute Gasteiger partial charge is 0.180 e. The number of aliphatic hydroxyl groups excluding tert-OH is 1. The molecule has 0 radical (unpaired) electrons. The van der Waals surface area contributed by atoms with E-state index < -0.39 is 5.60 Å². The molecule has 0 aliphatic heterocycles. The van der Waals surface area contributed by atoms with Crippen molar-refractivity contribution in [3.8, 4) is 22.8 Å². The van der Waals surface area contributed by atoms with E-state index in [4.69, 9.17) is 0 Å². The van der Waals surface area contributed by atoms with Crippen LogP contribution in [0.3, 0.4) is 0 Å². The van der Waals surface area contributed by atoms with Crippen LogP contribution < -0.4 is 5.32 Å². The Balaban J connectivity index is 1.78. The molecule has 0 atom stereocenters. The Morgan fingerprint density at radius 3 is 2.55 bits per heavy atom. The summed E-state index contributed by atoms with van der Waals surface area (Å²) in [5.41, 5.74) is 1.20. The van der Waals surface area contributed by atoms with Gasteiger partial charge in [-0.3, -0.25) is 0 Å². The van der Waals surface area contributed by atoms with Crippen LogP contribution in [0.25, 0.3) is 22.8 Å². The second-order valence-electron chi connectivity index (χ2n) is 7.49. The first-order valence-corrected chi connectivity index (χ1v) is 9.70. The van der Waals surface area contributed by atoms with E-state index in [1.54, 1.807) is 37.8 Å². The monoisotopic (exact) mass is 397 g/mol. The van der Waals surface area contributed by atoms with Crippen molar-refractivity contribution in [1.29, 1.82) is 0 Å². The topological polar surface area (TPSA) is 96.1 Å². The SMILES string of the molecule is CNc1ccnc(-c2c(-c3ccc(F)cc3)ncn2C2CCC(O)(CO)CC2)n1. The largest absolute Gasteiger partial charge is 0.393 e. The van der Waals surface area contributed by atoms with Gasteiger partial charge >= 0.3 is 0 Å². The van der Waals surface area contributed by atoms with Crippen LogP contribution in [0, 0.1) is 5.82 Å². The van der Waals surface area contributed by atoms with Crippen molar-refractivity contribution >= 4 is 5.82 Å². The van der Waals surface area contributed by atoms with Gasteiger partial charge in [0, 0.05) is 24.8 Å². The number of rotatable bonds is 5. The molecule has 2 aromatic heterocycles. The van der Waals surface area contributed by atoms with Gasteiger partial charge in [-0.2, -0.15) is 0 Å². The number of hydrogen-bond acceptors (Lipinski definition) is 6. The van der Waals surface area contributed by atoms with E-state index in [0.717, 1.165) is 11.3 Å². The van der Waals surface area contributed by atoms with Gasteiger partial charge in [0.15, 0.2) is 5.82 Å². The third kappa shape index (κ3) is 3.86. The molecule has 0 bridgehead atoms. The summed E-state index contributed by atoms with van der Waals surface area (Å²) in [5, 5.41) is 22.8. The minimum atomic E-state index is -1.01. The van der Waals surface area contributed by atoms with E-state index in [1.165, 1.54) is 12.1 Å². The minimum absolute atomic E-state index is 0.0976. The van der Waals surface area contributed by atoms with Crippen LogP contribution in [0.2, 0.25) is 0 Å². The Bertz CT molecular complexity index is 981. The molecular weight excluding hydrogens is 373 g/mol. The van der Waals surface area contributed by atoms with Gasteiger partial charge in [-0.1, -0.05) is 0 Å². The summed E-state index contributed by atoms with van der Waals surface area (Å²) in [6.07, 6.45) is 5.87. The summed E-state index contributed by atoms with van der Waals surface area (Å²) >= 11 is 0. The van der Waals surface area contributed by atoms with Crippen molar-refractivity contribution in [2.75, 3.05) is 19.0 Å². The number of benzene rings is 1. The molecule has 8 heteroatoms. The molecule has 1 saturated carbocycles. The Hall–Kier alpha value is -2.84. The van der Waals surface area contributed by atoms with Gasteiger partial charge in [0.05, 0.1) is 24.2 Å². The van der Waals surface area contributed by atoms with Gasteiger partial charge in [-0.25, -0.2) is 19.3 Å². The second kappa shape index (κ2) is 7.88. The lowest BCUT2D eigenvalue weighted by Gasteiger charge is -2.35. The Morgan fingerprint density at radius 1 is 1.17 bits per heavy atom. The quantitative estimate of drug-likeness (QED) is 0.612. The molecule has 1 aliphatic rings. The Kier molecular flexibility index (Phi) is 5.29. The van der Waals surface area contributed by atoms with Crippen molar-refractivity contribution in [2.24, 2.45) is 0 Å².